The van der Waals surface area contributed by atoms with Crippen molar-refractivity contribution in [3.8, 4) is 44.9 Å². The zero-order valence-corrected chi connectivity index (χ0v) is 31.1. The van der Waals surface area contributed by atoms with Crippen molar-refractivity contribution in [3.05, 3.63) is 200 Å². The van der Waals surface area contributed by atoms with Crippen molar-refractivity contribution < 1.29 is 12.6 Å². The van der Waals surface area contributed by atoms with Crippen molar-refractivity contribution in [1.29, 1.82) is 0 Å². The minimum Gasteiger partial charge on any atom is -0.455 e. The van der Waals surface area contributed by atoms with Crippen LogP contribution in [0.15, 0.2) is 204 Å². The summed E-state index contributed by atoms with van der Waals surface area (Å²) in [5.41, 5.74) is 8.20. The minimum absolute atomic E-state index is 0.0698. The van der Waals surface area contributed by atoms with E-state index < -0.39 is 12.1 Å². The van der Waals surface area contributed by atoms with E-state index in [0.29, 0.717) is 22.3 Å². The summed E-state index contributed by atoms with van der Waals surface area (Å²) < 4.78 is 63.2. The predicted octanol–water partition coefficient (Wildman–Crippen LogP) is 14.9. The summed E-state index contributed by atoms with van der Waals surface area (Å²) in [6.07, 6.45) is 0. The fourth-order valence-corrected chi connectivity index (χ4v) is 8.74. The maximum Gasteiger partial charge on any atom is 0.164 e. The molecule has 3 aromatic heterocycles. The first kappa shape index (κ1) is 27.3. The summed E-state index contributed by atoms with van der Waals surface area (Å²) in [7, 11) is 0. The Hall–Kier alpha value is -7.34. The zero-order chi connectivity index (χ0) is 42.9. The standard InChI is InChI=1S/C52H33N3OS/c1-4-14-34(15-5-1)35-24-28-39(29-25-35)55(38-18-8-3-9-19-38)40-30-26-36(27-31-40)41-32-33-44(50-47(41)42-20-10-12-22-45(42)56-50)52-53-48(37-16-6-2-7-17-37)51-49(54-52)43-21-11-13-23-46(43)57-51/h1-33H/i10D,12D,20D,22D,32D,33D. The van der Waals surface area contributed by atoms with Gasteiger partial charge in [0.1, 0.15) is 11.2 Å². The van der Waals surface area contributed by atoms with Gasteiger partial charge in [0.15, 0.2) is 5.82 Å². The largest absolute Gasteiger partial charge is 0.455 e. The van der Waals surface area contributed by atoms with Gasteiger partial charge < -0.3 is 9.32 Å². The third-order valence-corrected chi connectivity index (χ3v) is 11.4. The zero-order valence-electron chi connectivity index (χ0n) is 36.2. The molecule has 0 unspecified atom stereocenters. The molecule has 0 aliphatic carbocycles. The molecule has 3 heterocycles. The van der Waals surface area contributed by atoms with E-state index in [1.54, 1.807) is 11.3 Å². The summed E-state index contributed by atoms with van der Waals surface area (Å²) in [5.74, 6) is 0.154. The smallest absolute Gasteiger partial charge is 0.164 e. The number of thiophene rings is 1. The molecule has 0 fully saturated rings. The molecule has 5 heteroatoms. The molecule has 57 heavy (non-hydrogen) atoms. The van der Waals surface area contributed by atoms with Crippen LogP contribution >= 0.6 is 11.3 Å². The Labute approximate surface area is 342 Å². The van der Waals surface area contributed by atoms with Crippen molar-refractivity contribution in [2.45, 2.75) is 0 Å². The Kier molecular flexibility index (Phi) is 6.58. The number of para-hydroxylation sites is 2. The van der Waals surface area contributed by atoms with E-state index in [0.717, 1.165) is 48.5 Å². The summed E-state index contributed by atoms with van der Waals surface area (Å²) in [6, 6.07) is 52.2. The summed E-state index contributed by atoms with van der Waals surface area (Å²) in [4.78, 5) is 12.4. The first-order chi connectivity index (χ1) is 30.8. The highest BCUT2D eigenvalue weighted by atomic mass is 32.1. The van der Waals surface area contributed by atoms with Crippen LogP contribution in [0.4, 0.5) is 17.1 Å². The van der Waals surface area contributed by atoms with Crippen LogP contribution in [0.1, 0.15) is 8.22 Å². The number of rotatable bonds is 7. The average molecular weight is 754 g/mol. The molecule has 0 saturated heterocycles. The van der Waals surface area contributed by atoms with Crippen molar-refractivity contribution in [2.75, 3.05) is 4.90 Å². The van der Waals surface area contributed by atoms with Crippen LogP contribution in [0.3, 0.4) is 0 Å². The average Bonchev–Trinajstić information content (AvgIpc) is 3.91. The molecule has 0 spiro atoms. The normalized spacial score (nSPS) is 13.0. The first-order valence-electron chi connectivity index (χ1n) is 21.6. The molecule has 11 rings (SSSR count). The molecule has 0 amide bonds. The van der Waals surface area contributed by atoms with Gasteiger partial charge in [-0.1, -0.05) is 145 Å². The molecule has 0 aliphatic rings. The van der Waals surface area contributed by atoms with Crippen molar-refractivity contribution in [3.63, 3.8) is 0 Å². The Morgan fingerprint density at radius 3 is 1.81 bits per heavy atom. The van der Waals surface area contributed by atoms with E-state index in [1.807, 2.05) is 127 Å². The fourth-order valence-electron chi connectivity index (χ4n) is 7.58. The topological polar surface area (TPSA) is 42.2 Å². The molecule has 268 valence electrons. The van der Waals surface area contributed by atoms with Crippen LogP contribution in [-0.4, -0.2) is 9.97 Å². The lowest BCUT2D eigenvalue weighted by Gasteiger charge is -2.26. The number of nitrogens with zero attached hydrogens (tertiary/aromatic N) is 3. The Morgan fingerprint density at radius 2 is 1.07 bits per heavy atom. The second-order valence-corrected chi connectivity index (χ2v) is 14.7. The van der Waals surface area contributed by atoms with Crippen LogP contribution in [0.25, 0.3) is 87.1 Å². The predicted molar refractivity (Wildman–Crippen MR) is 239 cm³/mol. The molecular weight excluding hydrogens is 715 g/mol. The van der Waals surface area contributed by atoms with Gasteiger partial charge in [-0.15, -0.1) is 11.3 Å². The quantitative estimate of drug-likeness (QED) is 0.163. The molecule has 0 N–H and O–H groups in total. The second-order valence-electron chi connectivity index (χ2n) is 13.7. The molecule has 4 nitrogen and oxygen atoms in total. The number of furan rings is 1. The van der Waals surface area contributed by atoms with E-state index in [4.69, 9.17) is 19.9 Å². The van der Waals surface area contributed by atoms with E-state index in [9.17, 15) is 2.74 Å². The van der Waals surface area contributed by atoms with Gasteiger partial charge in [-0.2, -0.15) is 0 Å². The molecular formula is C52H33N3OS. The van der Waals surface area contributed by atoms with Gasteiger partial charge in [0, 0.05) is 43.5 Å². The molecule has 0 atom stereocenters. The highest BCUT2D eigenvalue weighted by Crippen LogP contribution is 2.45. The van der Waals surface area contributed by atoms with Crippen LogP contribution in [0.5, 0.6) is 0 Å². The number of hydrogen-bond donors (Lipinski definition) is 0. The van der Waals surface area contributed by atoms with Gasteiger partial charge >= 0.3 is 0 Å². The number of aromatic nitrogens is 2. The van der Waals surface area contributed by atoms with Gasteiger partial charge in [0.25, 0.3) is 0 Å². The molecule has 0 bridgehead atoms. The third kappa shape index (κ3) is 5.76. The first-order valence-corrected chi connectivity index (χ1v) is 19.4. The maximum absolute atomic E-state index is 9.73. The fraction of sp³-hybridized carbons (Fsp3) is 0. The van der Waals surface area contributed by atoms with E-state index in [-0.39, 0.29) is 57.5 Å². The number of fused-ring (bicyclic) bond motifs is 6. The molecule has 0 radical (unpaired) electrons. The number of anilines is 3. The van der Waals surface area contributed by atoms with Crippen molar-refractivity contribution >= 4 is 70.6 Å². The van der Waals surface area contributed by atoms with Gasteiger partial charge in [0.2, 0.25) is 0 Å². The van der Waals surface area contributed by atoms with E-state index in [1.165, 1.54) is 0 Å². The molecule has 8 aromatic carbocycles. The summed E-state index contributed by atoms with van der Waals surface area (Å²) in [6.45, 7) is 0. The lowest BCUT2D eigenvalue weighted by Crippen LogP contribution is -2.09. The Morgan fingerprint density at radius 1 is 0.491 bits per heavy atom. The number of hydrogen-bond acceptors (Lipinski definition) is 5. The van der Waals surface area contributed by atoms with Crippen molar-refractivity contribution in [2.24, 2.45) is 0 Å². The van der Waals surface area contributed by atoms with Gasteiger partial charge in [-0.3, -0.25) is 0 Å². The SMILES string of the molecule is [2H]c1c([2H])c([2H])c2c(oc3c(-c4nc(-c5ccccc5)c5sc6ccccc6c5n4)c([2H])c([2H])c(-c4ccc(N(c5ccccc5)c5ccc(-c6ccccc6)cc5)cc4)c32)c1[2H]. The lowest BCUT2D eigenvalue weighted by molar-refractivity contribution is 0.669. The Bertz CT molecular complexity index is 3560. The van der Waals surface area contributed by atoms with Crippen molar-refractivity contribution in [1.82, 2.24) is 9.97 Å². The second kappa shape index (κ2) is 13.7. The van der Waals surface area contributed by atoms with E-state index >= 15 is 0 Å². The van der Waals surface area contributed by atoms with Gasteiger partial charge in [-0.25, -0.2) is 9.97 Å². The van der Waals surface area contributed by atoms with Crippen LogP contribution < -0.4 is 4.90 Å². The van der Waals surface area contributed by atoms with Crippen LogP contribution in [-0.2, 0) is 0 Å². The highest BCUT2D eigenvalue weighted by molar-refractivity contribution is 7.26. The van der Waals surface area contributed by atoms with Gasteiger partial charge in [0.05, 0.1) is 29.7 Å². The lowest BCUT2D eigenvalue weighted by atomic mass is 9.96. The minimum atomic E-state index is -0.442. The maximum atomic E-state index is 9.73. The number of benzene rings is 8. The molecule has 0 saturated carbocycles. The third-order valence-electron chi connectivity index (χ3n) is 10.3. The van der Waals surface area contributed by atoms with Crippen LogP contribution in [0.2, 0.25) is 0 Å². The monoisotopic (exact) mass is 753 g/mol. The molecule has 0 aliphatic heterocycles. The Balaban J connectivity index is 1.14. The highest BCUT2D eigenvalue weighted by Gasteiger charge is 2.22. The van der Waals surface area contributed by atoms with Gasteiger partial charge in [-0.05, 0) is 76.8 Å². The van der Waals surface area contributed by atoms with E-state index in [2.05, 4.69) is 41.3 Å². The van der Waals surface area contributed by atoms with Crippen LogP contribution in [0, 0.1) is 0 Å². The molecule has 11 aromatic rings. The summed E-state index contributed by atoms with van der Waals surface area (Å²) in [5, 5.41) is 1.33. The summed E-state index contributed by atoms with van der Waals surface area (Å²) >= 11 is 1.58.